The van der Waals surface area contributed by atoms with Crippen LogP contribution in [0.3, 0.4) is 0 Å². The van der Waals surface area contributed by atoms with Gasteiger partial charge in [0, 0.05) is 16.6 Å². The lowest BCUT2D eigenvalue weighted by Gasteiger charge is -2.05. The highest BCUT2D eigenvalue weighted by molar-refractivity contribution is 7.17. The van der Waals surface area contributed by atoms with Gasteiger partial charge in [-0.2, -0.15) is 11.3 Å². The first-order chi connectivity index (χ1) is 11.7. The molecule has 0 aliphatic carbocycles. The molecule has 3 nitrogen and oxygen atoms in total. The minimum atomic E-state index is -0.109. The zero-order valence-corrected chi connectivity index (χ0v) is 14.6. The van der Waals surface area contributed by atoms with Gasteiger partial charge >= 0.3 is 0 Å². The van der Waals surface area contributed by atoms with Crippen LogP contribution in [0, 0.1) is 6.92 Å². The fraction of sp³-hybridized carbons (Fsp3) is 0.0526. The van der Waals surface area contributed by atoms with E-state index in [2.05, 4.69) is 16.4 Å². The summed E-state index contributed by atoms with van der Waals surface area (Å²) in [7, 11) is 0. The number of thiazole rings is 1. The summed E-state index contributed by atoms with van der Waals surface area (Å²) in [5, 5.41) is 10.2. The monoisotopic (exact) mass is 350 g/mol. The van der Waals surface area contributed by atoms with Gasteiger partial charge in [0.1, 0.15) is 9.88 Å². The number of hydrogen-bond acceptors (Lipinski definition) is 4. The van der Waals surface area contributed by atoms with Crippen LogP contribution in [0.25, 0.3) is 21.3 Å². The lowest BCUT2D eigenvalue weighted by atomic mass is 10.1. The predicted molar refractivity (Wildman–Crippen MR) is 102 cm³/mol. The van der Waals surface area contributed by atoms with E-state index in [-0.39, 0.29) is 5.91 Å². The number of aromatic nitrogens is 1. The number of fused-ring (bicyclic) bond motifs is 1. The number of amides is 1. The van der Waals surface area contributed by atoms with Crippen molar-refractivity contribution < 1.29 is 4.79 Å². The quantitative estimate of drug-likeness (QED) is 0.523. The van der Waals surface area contributed by atoms with E-state index < -0.39 is 0 Å². The van der Waals surface area contributed by atoms with Crippen LogP contribution in [0.15, 0.2) is 59.3 Å². The number of nitrogens with one attached hydrogen (secondary N) is 1. The second-order valence-corrected chi connectivity index (χ2v) is 7.24. The lowest BCUT2D eigenvalue weighted by Crippen LogP contribution is -2.11. The summed E-state index contributed by atoms with van der Waals surface area (Å²) in [5.41, 5.74) is 2.63. The first kappa shape index (κ1) is 15.1. The molecule has 1 N–H and O–H groups in total. The molecule has 118 valence electrons. The third kappa shape index (κ3) is 2.84. The smallest absolute Gasteiger partial charge is 0.267 e. The molecule has 4 aromatic rings. The molecule has 0 saturated heterocycles. The van der Waals surface area contributed by atoms with E-state index in [1.54, 1.807) is 11.3 Å². The fourth-order valence-corrected chi connectivity index (χ4v) is 4.24. The van der Waals surface area contributed by atoms with Crippen molar-refractivity contribution in [1.82, 2.24) is 4.98 Å². The molecule has 0 aliphatic heterocycles. The summed E-state index contributed by atoms with van der Waals surface area (Å²) in [6, 6.07) is 16.1. The van der Waals surface area contributed by atoms with E-state index in [0.717, 1.165) is 32.7 Å². The Labute approximate surface area is 147 Å². The highest BCUT2D eigenvalue weighted by Crippen LogP contribution is 2.30. The van der Waals surface area contributed by atoms with Crippen molar-refractivity contribution >= 4 is 45.0 Å². The van der Waals surface area contributed by atoms with E-state index in [1.807, 2.05) is 60.1 Å². The first-order valence-electron chi connectivity index (χ1n) is 7.51. The van der Waals surface area contributed by atoms with Crippen LogP contribution < -0.4 is 5.32 Å². The standard InChI is InChI=1S/C19H14N2OS2/c1-12-17(24-19(20-12)15-8-9-23-11-15)18(22)21-16-7-6-13-4-2-3-5-14(13)10-16/h2-11H,1H3,(H,21,22). The number of nitrogens with zero attached hydrogens (tertiary/aromatic N) is 1. The van der Waals surface area contributed by atoms with E-state index in [1.165, 1.54) is 11.3 Å². The largest absolute Gasteiger partial charge is 0.321 e. The van der Waals surface area contributed by atoms with Gasteiger partial charge in [0.15, 0.2) is 0 Å². The number of anilines is 1. The van der Waals surface area contributed by atoms with Crippen molar-refractivity contribution in [3.63, 3.8) is 0 Å². The molecular formula is C19H14N2OS2. The molecule has 2 aromatic carbocycles. The third-order valence-electron chi connectivity index (χ3n) is 3.78. The Morgan fingerprint density at radius 2 is 1.92 bits per heavy atom. The molecular weight excluding hydrogens is 336 g/mol. The molecule has 0 atom stereocenters. The van der Waals surface area contributed by atoms with Crippen LogP contribution in [0.2, 0.25) is 0 Å². The Bertz CT molecular complexity index is 1020. The molecule has 0 saturated carbocycles. The molecule has 2 heterocycles. The normalized spacial score (nSPS) is 10.9. The number of hydrogen-bond donors (Lipinski definition) is 1. The lowest BCUT2D eigenvalue weighted by molar-refractivity contribution is 0.103. The van der Waals surface area contributed by atoms with Crippen LogP contribution in [-0.4, -0.2) is 10.9 Å². The molecule has 2 aromatic heterocycles. The van der Waals surface area contributed by atoms with Crippen LogP contribution in [-0.2, 0) is 0 Å². The third-order valence-corrected chi connectivity index (χ3v) is 5.67. The summed E-state index contributed by atoms with van der Waals surface area (Å²) >= 11 is 3.06. The van der Waals surface area contributed by atoms with Crippen molar-refractivity contribution in [2.24, 2.45) is 0 Å². The number of carbonyl (C=O) groups excluding carboxylic acids is 1. The van der Waals surface area contributed by atoms with Crippen LogP contribution in [0.4, 0.5) is 5.69 Å². The van der Waals surface area contributed by atoms with Gasteiger partial charge in [-0.05, 0) is 41.3 Å². The van der Waals surface area contributed by atoms with Gasteiger partial charge in [0.25, 0.3) is 5.91 Å². The Balaban J connectivity index is 1.61. The predicted octanol–water partition coefficient (Wildman–Crippen LogP) is 5.59. The van der Waals surface area contributed by atoms with Gasteiger partial charge in [0.05, 0.1) is 5.69 Å². The van der Waals surface area contributed by atoms with Crippen molar-refractivity contribution in [3.05, 3.63) is 69.9 Å². The van der Waals surface area contributed by atoms with Crippen molar-refractivity contribution in [1.29, 1.82) is 0 Å². The molecule has 0 fully saturated rings. The Hall–Kier alpha value is -2.50. The molecule has 5 heteroatoms. The van der Waals surface area contributed by atoms with E-state index in [4.69, 9.17) is 0 Å². The first-order valence-corrected chi connectivity index (χ1v) is 9.27. The molecule has 0 radical (unpaired) electrons. The minimum absolute atomic E-state index is 0.109. The van der Waals surface area contributed by atoms with Crippen LogP contribution >= 0.6 is 22.7 Å². The number of carbonyl (C=O) groups is 1. The number of benzene rings is 2. The summed E-state index contributed by atoms with van der Waals surface area (Å²) in [6.45, 7) is 1.88. The van der Waals surface area contributed by atoms with E-state index >= 15 is 0 Å². The van der Waals surface area contributed by atoms with Gasteiger partial charge in [0.2, 0.25) is 0 Å². The number of thiophene rings is 1. The summed E-state index contributed by atoms with van der Waals surface area (Å²) in [5.74, 6) is -0.109. The Kier molecular flexibility index (Phi) is 3.88. The van der Waals surface area contributed by atoms with Gasteiger partial charge < -0.3 is 5.32 Å². The van der Waals surface area contributed by atoms with E-state index in [9.17, 15) is 4.79 Å². The maximum absolute atomic E-state index is 12.6. The summed E-state index contributed by atoms with van der Waals surface area (Å²) in [4.78, 5) is 17.8. The van der Waals surface area contributed by atoms with Gasteiger partial charge in [-0.15, -0.1) is 11.3 Å². The second-order valence-electron chi connectivity index (χ2n) is 5.46. The average Bonchev–Trinajstić information content (AvgIpc) is 3.24. The van der Waals surface area contributed by atoms with Crippen LogP contribution in [0.5, 0.6) is 0 Å². The highest BCUT2D eigenvalue weighted by atomic mass is 32.1. The van der Waals surface area contributed by atoms with Crippen LogP contribution in [0.1, 0.15) is 15.4 Å². The molecule has 0 spiro atoms. The Morgan fingerprint density at radius 3 is 2.71 bits per heavy atom. The van der Waals surface area contributed by atoms with E-state index in [0.29, 0.717) is 4.88 Å². The fourth-order valence-electron chi connectivity index (χ4n) is 2.57. The summed E-state index contributed by atoms with van der Waals surface area (Å²) < 4.78 is 0. The SMILES string of the molecule is Cc1nc(-c2ccsc2)sc1C(=O)Nc1ccc2ccccc2c1. The van der Waals surface area contributed by atoms with Crippen molar-refractivity contribution in [2.75, 3.05) is 5.32 Å². The maximum Gasteiger partial charge on any atom is 0.267 e. The zero-order valence-electron chi connectivity index (χ0n) is 12.9. The molecule has 0 unspecified atom stereocenters. The topological polar surface area (TPSA) is 42.0 Å². The molecule has 4 rings (SSSR count). The highest BCUT2D eigenvalue weighted by Gasteiger charge is 2.16. The summed E-state index contributed by atoms with van der Waals surface area (Å²) in [6.07, 6.45) is 0. The van der Waals surface area contributed by atoms with Crippen molar-refractivity contribution in [3.8, 4) is 10.6 Å². The Morgan fingerprint density at radius 1 is 1.08 bits per heavy atom. The molecule has 0 aliphatic rings. The molecule has 0 bridgehead atoms. The molecule has 1 amide bonds. The average molecular weight is 350 g/mol. The van der Waals surface area contributed by atoms with Gasteiger partial charge in [-0.25, -0.2) is 4.98 Å². The second kappa shape index (κ2) is 6.19. The minimum Gasteiger partial charge on any atom is -0.321 e. The number of aryl methyl sites for hydroxylation is 1. The van der Waals surface area contributed by atoms with Gasteiger partial charge in [-0.3, -0.25) is 4.79 Å². The number of rotatable bonds is 3. The molecule has 24 heavy (non-hydrogen) atoms. The maximum atomic E-state index is 12.6. The van der Waals surface area contributed by atoms with Crippen molar-refractivity contribution in [2.45, 2.75) is 6.92 Å². The zero-order chi connectivity index (χ0) is 16.5. The van der Waals surface area contributed by atoms with Gasteiger partial charge in [-0.1, -0.05) is 30.3 Å².